The topological polar surface area (TPSA) is 91.4 Å². The highest BCUT2D eigenvalue weighted by molar-refractivity contribution is 5.94. The Morgan fingerprint density at radius 2 is 2.04 bits per heavy atom. The predicted molar refractivity (Wildman–Crippen MR) is 82.5 cm³/mol. The first-order chi connectivity index (χ1) is 11.1. The van der Waals surface area contributed by atoms with E-state index in [1.54, 1.807) is 29.4 Å². The van der Waals surface area contributed by atoms with Gasteiger partial charge in [0.25, 0.3) is 5.91 Å². The lowest BCUT2D eigenvalue weighted by Gasteiger charge is -2.32. The van der Waals surface area contributed by atoms with Crippen LogP contribution in [0, 0.1) is 0 Å². The molecule has 7 nitrogen and oxygen atoms in total. The lowest BCUT2D eigenvalue weighted by molar-refractivity contribution is -0.126. The maximum absolute atomic E-state index is 12.3. The SMILES string of the molecule is O=C1CCC(C(=O)NC2CCN(C(=O)c3cccnc3)CC2)N1. The van der Waals surface area contributed by atoms with Gasteiger partial charge in [-0.25, -0.2) is 0 Å². The van der Waals surface area contributed by atoms with E-state index in [1.807, 2.05) is 0 Å². The molecule has 1 unspecified atom stereocenters. The molecule has 0 radical (unpaired) electrons. The smallest absolute Gasteiger partial charge is 0.255 e. The Labute approximate surface area is 134 Å². The zero-order valence-corrected chi connectivity index (χ0v) is 12.8. The summed E-state index contributed by atoms with van der Waals surface area (Å²) >= 11 is 0. The summed E-state index contributed by atoms with van der Waals surface area (Å²) in [6.45, 7) is 1.21. The molecule has 23 heavy (non-hydrogen) atoms. The van der Waals surface area contributed by atoms with E-state index in [-0.39, 0.29) is 23.8 Å². The summed E-state index contributed by atoms with van der Waals surface area (Å²) in [5, 5.41) is 5.65. The Morgan fingerprint density at radius 3 is 2.65 bits per heavy atom. The summed E-state index contributed by atoms with van der Waals surface area (Å²) < 4.78 is 0. The molecule has 1 aromatic heterocycles. The van der Waals surface area contributed by atoms with E-state index in [9.17, 15) is 14.4 Å². The third-order valence-corrected chi connectivity index (χ3v) is 4.35. The number of likely N-dealkylation sites (tertiary alicyclic amines) is 1. The summed E-state index contributed by atoms with van der Waals surface area (Å²) in [6, 6.07) is 3.15. The van der Waals surface area contributed by atoms with Crippen LogP contribution < -0.4 is 10.6 Å². The van der Waals surface area contributed by atoms with Gasteiger partial charge in [0, 0.05) is 37.9 Å². The maximum atomic E-state index is 12.3. The summed E-state index contributed by atoms with van der Waals surface area (Å²) in [5.41, 5.74) is 0.587. The fourth-order valence-electron chi connectivity index (χ4n) is 3.01. The van der Waals surface area contributed by atoms with Crippen LogP contribution in [0.25, 0.3) is 0 Å². The largest absolute Gasteiger partial charge is 0.351 e. The minimum Gasteiger partial charge on any atom is -0.351 e. The Bertz CT molecular complexity index is 597. The van der Waals surface area contributed by atoms with Gasteiger partial charge in [-0.2, -0.15) is 0 Å². The standard InChI is InChI=1S/C16H20N4O3/c21-14-4-3-13(19-14)15(22)18-12-5-8-20(9-6-12)16(23)11-2-1-7-17-10-11/h1-2,7,10,12-13H,3-6,8-9H2,(H,18,22)(H,19,21). The van der Waals surface area contributed by atoms with Gasteiger partial charge in [-0.15, -0.1) is 0 Å². The van der Waals surface area contributed by atoms with Crippen LogP contribution in [0.3, 0.4) is 0 Å². The molecule has 0 bridgehead atoms. The molecule has 0 saturated carbocycles. The molecule has 1 aromatic rings. The van der Waals surface area contributed by atoms with Crippen molar-refractivity contribution in [2.45, 2.75) is 37.8 Å². The summed E-state index contributed by atoms with van der Waals surface area (Å²) in [6.07, 6.45) is 5.62. The van der Waals surface area contributed by atoms with Gasteiger partial charge in [0.15, 0.2) is 0 Å². The molecule has 3 amide bonds. The predicted octanol–water partition coefficient (Wildman–Crippen LogP) is 0.0810. The minimum absolute atomic E-state index is 0.0223. The van der Waals surface area contributed by atoms with Gasteiger partial charge in [-0.1, -0.05) is 0 Å². The Kier molecular flexibility index (Phi) is 4.55. The number of hydrogen-bond donors (Lipinski definition) is 2. The van der Waals surface area contributed by atoms with E-state index in [0.717, 1.165) is 12.8 Å². The zero-order valence-electron chi connectivity index (χ0n) is 12.8. The number of amides is 3. The average Bonchev–Trinajstić information content (AvgIpc) is 3.02. The molecule has 2 N–H and O–H groups in total. The number of pyridine rings is 1. The lowest BCUT2D eigenvalue weighted by Crippen LogP contribution is -2.50. The molecular formula is C16H20N4O3. The third kappa shape index (κ3) is 3.67. The van der Waals surface area contributed by atoms with E-state index in [0.29, 0.717) is 31.5 Å². The number of nitrogens with one attached hydrogen (secondary N) is 2. The molecule has 7 heteroatoms. The van der Waals surface area contributed by atoms with Crippen molar-refractivity contribution < 1.29 is 14.4 Å². The molecule has 0 aromatic carbocycles. The Balaban J connectivity index is 1.48. The number of rotatable bonds is 3. The van der Waals surface area contributed by atoms with Crippen molar-refractivity contribution in [2.75, 3.05) is 13.1 Å². The molecule has 0 spiro atoms. The highest BCUT2D eigenvalue weighted by Crippen LogP contribution is 2.15. The van der Waals surface area contributed by atoms with Gasteiger partial charge in [0.1, 0.15) is 6.04 Å². The van der Waals surface area contributed by atoms with Crippen LogP contribution in [0.15, 0.2) is 24.5 Å². The summed E-state index contributed by atoms with van der Waals surface area (Å²) in [4.78, 5) is 41.3. The number of carbonyl (C=O) groups is 3. The number of nitrogens with zero attached hydrogens (tertiary/aromatic N) is 2. The van der Waals surface area contributed by atoms with Crippen molar-refractivity contribution in [1.29, 1.82) is 0 Å². The minimum atomic E-state index is -0.405. The van der Waals surface area contributed by atoms with Crippen molar-refractivity contribution >= 4 is 17.7 Å². The molecule has 2 saturated heterocycles. The first-order valence-corrected chi connectivity index (χ1v) is 7.92. The normalized spacial score (nSPS) is 21.8. The fraction of sp³-hybridized carbons (Fsp3) is 0.500. The molecular weight excluding hydrogens is 296 g/mol. The molecule has 2 aliphatic rings. The Morgan fingerprint density at radius 1 is 1.26 bits per heavy atom. The quantitative estimate of drug-likeness (QED) is 0.826. The van der Waals surface area contributed by atoms with Crippen LogP contribution in [0.4, 0.5) is 0 Å². The van der Waals surface area contributed by atoms with Gasteiger partial charge in [-0.05, 0) is 31.4 Å². The van der Waals surface area contributed by atoms with E-state index in [2.05, 4.69) is 15.6 Å². The molecule has 3 heterocycles. The van der Waals surface area contributed by atoms with Crippen molar-refractivity contribution in [1.82, 2.24) is 20.5 Å². The summed E-state index contributed by atoms with van der Waals surface area (Å²) in [5.74, 6) is -0.208. The molecule has 122 valence electrons. The van der Waals surface area contributed by atoms with Crippen molar-refractivity contribution in [3.05, 3.63) is 30.1 Å². The molecule has 1 atom stereocenters. The van der Waals surface area contributed by atoms with Crippen LogP contribution in [-0.2, 0) is 9.59 Å². The van der Waals surface area contributed by atoms with Gasteiger partial charge < -0.3 is 15.5 Å². The first kappa shape index (κ1) is 15.5. The highest BCUT2D eigenvalue weighted by Gasteiger charge is 2.30. The van der Waals surface area contributed by atoms with E-state index in [1.165, 1.54) is 0 Å². The lowest BCUT2D eigenvalue weighted by atomic mass is 10.0. The number of hydrogen-bond acceptors (Lipinski definition) is 4. The van der Waals surface area contributed by atoms with Crippen LogP contribution in [0.5, 0.6) is 0 Å². The average molecular weight is 316 g/mol. The monoisotopic (exact) mass is 316 g/mol. The second-order valence-corrected chi connectivity index (χ2v) is 5.98. The van der Waals surface area contributed by atoms with E-state index >= 15 is 0 Å². The van der Waals surface area contributed by atoms with Gasteiger partial charge >= 0.3 is 0 Å². The molecule has 2 aliphatic heterocycles. The van der Waals surface area contributed by atoms with Gasteiger partial charge in [0.2, 0.25) is 11.8 Å². The second-order valence-electron chi connectivity index (χ2n) is 5.98. The number of aromatic nitrogens is 1. The van der Waals surface area contributed by atoms with Gasteiger partial charge in [-0.3, -0.25) is 19.4 Å². The Hall–Kier alpha value is -2.44. The molecule has 2 fully saturated rings. The zero-order chi connectivity index (χ0) is 16.2. The van der Waals surface area contributed by atoms with Crippen LogP contribution in [0.2, 0.25) is 0 Å². The van der Waals surface area contributed by atoms with Crippen molar-refractivity contribution in [3.8, 4) is 0 Å². The van der Waals surface area contributed by atoms with Gasteiger partial charge in [0.05, 0.1) is 5.56 Å². The molecule has 3 rings (SSSR count). The van der Waals surface area contributed by atoms with Crippen molar-refractivity contribution in [2.24, 2.45) is 0 Å². The second kappa shape index (κ2) is 6.76. The van der Waals surface area contributed by atoms with E-state index < -0.39 is 6.04 Å². The van der Waals surface area contributed by atoms with Crippen molar-refractivity contribution in [3.63, 3.8) is 0 Å². The molecule has 0 aliphatic carbocycles. The first-order valence-electron chi connectivity index (χ1n) is 7.92. The highest BCUT2D eigenvalue weighted by atomic mass is 16.2. The number of piperidine rings is 1. The van der Waals surface area contributed by atoms with Crippen LogP contribution in [0.1, 0.15) is 36.0 Å². The number of carbonyl (C=O) groups excluding carboxylic acids is 3. The van der Waals surface area contributed by atoms with Crippen LogP contribution in [-0.4, -0.2) is 52.8 Å². The maximum Gasteiger partial charge on any atom is 0.255 e. The third-order valence-electron chi connectivity index (χ3n) is 4.35. The van der Waals surface area contributed by atoms with E-state index in [4.69, 9.17) is 0 Å². The fourth-order valence-corrected chi connectivity index (χ4v) is 3.01. The van der Waals surface area contributed by atoms with Crippen LogP contribution >= 0.6 is 0 Å². The summed E-state index contributed by atoms with van der Waals surface area (Å²) in [7, 11) is 0.